The lowest BCUT2D eigenvalue weighted by Crippen LogP contribution is -2.02. The van der Waals surface area contributed by atoms with Gasteiger partial charge in [-0.25, -0.2) is 9.37 Å². The van der Waals surface area contributed by atoms with Gasteiger partial charge in [0.25, 0.3) is 0 Å². The van der Waals surface area contributed by atoms with Gasteiger partial charge in [0.2, 0.25) is 5.95 Å². The molecule has 0 aliphatic heterocycles. The van der Waals surface area contributed by atoms with Gasteiger partial charge in [-0.3, -0.25) is 4.57 Å². The highest BCUT2D eigenvalue weighted by molar-refractivity contribution is 5.81. The second-order valence-corrected chi connectivity index (χ2v) is 4.85. The maximum absolute atomic E-state index is 14.0. The Morgan fingerprint density at radius 2 is 2.05 bits per heavy atom. The van der Waals surface area contributed by atoms with Gasteiger partial charge in [-0.1, -0.05) is 6.07 Å². The first-order chi connectivity index (χ1) is 10.1. The minimum Gasteiger partial charge on any atom is -0.491 e. The van der Waals surface area contributed by atoms with E-state index in [0.717, 1.165) is 16.6 Å². The molecule has 1 heterocycles. The van der Waals surface area contributed by atoms with E-state index in [1.807, 2.05) is 32.0 Å². The van der Waals surface area contributed by atoms with Crippen molar-refractivity contribution in [3.63, 3.8) is 0 Å². The normalized spacial score (nSPS) is 11.0. The van der Waals surface area contributed by atoms with Crippen molar-refractivity contribution in [3.05, 3.63) is 47.8 Å². The first kappa shape index (κ1) is 13.4. The zero-order valence-electron chi connectivity index (χ0n) is 11.9. The Balaban J connectivity index is 2.16. The Labute approximate surface area is 122 Å². The summed E-state index contributed by atoms with van der Waals surface area (Å²) >= 11 is 0. The second-order valence-electron chi connectivity index (χ2n) is 4.85. The Hall–Kier alpha value is -2.56. The van der Waals surface area contributed by atoms with Crippen LogP contribution in [0.15, 0.2) is 36.4 Å². The molecule has 108 valence electrons. The average molecular weight is 285 g/mol. The SMILES string of the molecule is CCOc1ccc(-n2c(N)nc3cc(C)ccc32)cc1F. The molecule has 2 N–H and O–H groups in total. The first-order valence-corrected chi connectivity index (χ1v) is 6.77. The number of aromatic nitrogens is 2. The summed E-state index contributed by atoms with van der Waals surface area (Å²) in [6.07, 6.45) is 0. The number of fused-ring (bicyclic) bond motifs is 1. The molecule has 0 amide bonds. The molecule has 0 radical (unpaired) electrons. The van der Waals surface area contributed by atoms with E-state index >= 15 is 0 Å². The van der Waals surface area contributed by atoms with Gasteiger partial charge in [0.15, 0.2) is 11.6 Å². The maximum atomic E-state index is 14.0. The molecule has 0 aliphatic rings. The fourth-order valence-corrected chi connectivity index (χ4v) is 2.38. The number of benzene rings is 2. The summed E-state index contributed by atoms with van der Waals surface area (Å²) in [6.45, 7) is 4.23. The number of nitrogens with two attached hydrogens (primary N) is 1. The number of ether oxygens (including phenoxy) is 1. The topological polar surface area (TPSA) is 53.1 Å². The highest BCUT2D eigenvalue weighted by Crippen LogP contribution is 2.27. The number of rotatable bonds is 3. The fraction of sp³-hybridized carbons (Fsp3) is 0.188. The molecule has 1 aromatic heterocycles. The van der Waals surface area contributed by atoms with Gasteiger partial charge in [-0.15, -0.1) is 0 Å². The molecule has 0 spiro atoms. The molecule has 0 saturated carbocycles. The van der Waals surface area contributed by atoms with Crippen LogP contribution in [0.25, 0.3) is 16.7 Å². The second kappa shape index (κ2) is 5.09. The zero-order valence-corrected chi connectivity index (χ0v) is 11.9. The van der Waals surface area contributed by atoms with E-state index in [1.165, 1.54) is 6.07 Å². The average Bonchev–Trinajstić information content (AvgIpc) is 2.76. The van der Waals surface area contributed by atoms with Crippen molar-refractivity contribution in [1.82, 2.24) is 9.55 Å². The van der Waals surface area contributed by atoms with Gasteiger partial charge in [0, 0.05) is 6.07 Å². The molecule has 21 heavy (non-hydrogen) atoms. The minimum atomic E-state index is -0.414. The highest BCUT2D eigenvalue weighted by Gasteiger charge is 2.12. The predicted octanol–water partition coefficient (Wildman–Crippen LogP) is 3.45. The molecule has 0 aliphatic carbocycles. The molecule has 3 aromatic rings. The third-order valence-corrected chi connectivity index (χ3v) is 3.31. The van der Waals surface area contributed by atoms with Crippen LogP contribution in [0, 0.1) is 12.7 Å². The van der Waals surface area contributed by atoms with Gasteiger partial charge in [0.1, 0.15) is 0 Å². The molecule has 2 aromatic carbocycles. The number of anilines is 1. The molecule has 0 bridgehead atoms. The van der Waals surface area contributed by atoms with Crippen molar-refractivity contribution in [3.8, 4) is 11.4 Å². The molecular formula is C16H16FN3O. The van der Waals surface area contributed by atoms with Crippen molar-refractivity contribution >= 4 is 17.0 Å². The van der Waals surface area contributed by atoms with E-state index < -0.39 is 5.82 Å². The molecule has 3 rings (SSSR count). The van der Waals surface area contributed by atoms with Crippen LogP contribution < -0.4 is 10.5 Å². The fourth-order valence-electron chi connectivity index (χ4n) is 2.38. The van der Waals surface area contributed by atoms with E-state index in [2.05, 4.69) is 4.98 Å². The summed E-state index contributed by atoms with van der Waals surface area (Å²) in [5, 5.41) is 0. The van der Waals surface area contributed by atoms with Crippen molar-refractivity contribution in [2.75, 3.05) is 12.3 Å². The van der Waals surface area contributed by atoms with Gasteiger partial charge in [0.05, 0.1) is 23.3 Å². The van der Waals surface area contributed by atoms with E-state index in [4.69, 9.17) is 10.5 Å². The molecule has 4 nitrogen and oxygen atoms in total. The standard InChI is InChI=1S/C16H16FN3O/c1-3-21-15-7-5-11(9-12(15)17)20-14-6-4-10(2)8-13(14)19-16(20)18/h4-9H,3H2,1-2H3,(H2,18,19). The summed E-state index contributed by atoms with van der Waals surface area (Å²) in [5.41, 5.74) is 9.35. The molecule has 5 heteroatoms. The zero-order chi connectivity index (χ0) is 15.0. The number of hydrogen-bond donors (Lipinski definition) is 1. The molecule has 0 atom stereocenters. The Kier molecular flexibility index (Phi) is 3.25. The summed E-state index contributed by atoms with van der Waals surface area (Å²) in [5.74, 6) is 0.155. The quantitative estimate of drug-likeness (QED) is 0.802. The molecule has 0 unspecified atom stereocenters. The van der Waals surface area contributed by atoms with Gasteiger partial charge < -0.3 is 10.5 Å². The van der Waals surface area contributed by atoms with Crippen LogP contribution in [-0.2, 0) is 0 Å². The Morgan fingerprint density at radius 1 is 1.24 bits per heavy atom. The van der Waals surface area contributed by atoms with Crippen molar-refractivity contribution in [2.45, 2.75) is 13.8 Å². The van der Waals surface area contributed by atoms with Crippen LogP contribution >= 0.6 is 0 Å². The summed E-state index contributed by atoms with van der Waals surface area (Å²) in [4.78, 5) is 4.33. The van der Waals surface area contributed by atoms with Crippen LogP contribution in [-0.4, -0.2) is 16.2 Å². The number of nitrogen functional groups attached to an aromatic ring is 1. The van der Waals surface area contributed by atoms with Crippen molar-refractivity contribution in [2.24, 2.45) is 0 Å². The predicted molar refractivity (Wildman–Crippen MR) is 81.3 cm³/mol. The number of hydrogen-bond acceptors (Lipinski definition) is 3. The third-order valence-electron chi connectivity index (χ3n) is 3.31. The van der Waals surface area contributed by atoms with Crippen LogP contribution in [0.3, 0.4) is 0 Å². The Morgan fingerprint density at radius 3 is 2.76 bits per heavy atom. The van der Waals surface area contributed by atoms with Crippen molar-refractivity contribution < 1.29 is 9.13 Å². The lowest BCUT2D eigenvalue weighted by molar-refractivity contribution is 0.321. The van der Waals surface area contributed by atoms with Crippen LogP contribution in [0.4, 0.5) is 10.3 Å². The number of nitrogens with zero attached hydrogens (tertiary/aromatic N) is 2. The number of halogens is 1. The van der Waals surface area contributed by atoms with E-state index in [1.54, 1.807) is 16.7 Å². The lowest BCUT2D eigenvalue weighted by Gasteiger charge is -2.09. The maximum Gasteiger partial charge on any atom is 0.205 e. The monoisotopic (exact) mass is 285 g/mol. The van der Waals surface area contributed by atoms with E-state index in [0.29, 0.717) is 18.2 Å². The van der Waals surface area contributed by atoms with Crippen LogP contribution in [0.2, 0.25) is 0 Å². The third kappa shape index (κ3) is 2.31. The van der Waals surface area contributed by atoms with Crippen molar-refractivity contribution in [1.29, 1.82) is 0 Å². The van der Waals surface area contributed by atoms with E-state index in [9.17, 15) is 4.39 Å². The van der Waals surface area contributed by atoms with Gasteiger partial charge >= 0.3 is 0 Å². The first-order valence-electron chi connectivity index (χ1n) is 6.77. The minimum absolute atomic E-state index is 0.236. The van der Waals surface area contributed by atoms with E-state index in [-0.39, 0.29) is 5.75 Å². The number of aryl methyl sites for hydroxylation is 1. The summed E-state index contributed by atoms with van der Waals surface area (Å²) < 4.78 is 21.0. The molecule has 0 saturated heterocycles. The summed E-state index contributed by atoms with van der Waals surface area (Å²) in [6, 6.07) is 10.6. The summed E-state index contributed by atoms with van der Waals surface area (Å²) in [7, 11) is 0. The Bertz CT molecular complexity index is 811. The highest BCUT2D eigenvalue weighted by atomic mass is 19.1. The largest absolute Gasteiger partial charge is 0.491 e. The smallest absolute Gasteiger partial charge is 0.205 e. The lowest BCUT2D eigenvalue weighted by atomic mass is 10.2. The molecular weight excluding hydrogens is 269 g/mol. The van der Waals surface area contributed by atoms with Crippen LogP contribution in [0.1, 0.15) is 12.5 Å². The van der Waals surface area contributed by atoms with Gasteiger partial charge in [-0.05, 0) is 43.7 Å². The van der Waals surface area contributed by atoms with Gasteiger partial charge in [-0.2, -0.15) is 0 Å². The number of imidazole rings is 1. The van der Waals surface area contributed by atoms with Crippen LogP contribution in [0.5, 0.6) is 5.75 Å². The molecule has 0 fully saturated rings.